The third-order valence-electron chi connectivity index (χ3n) is 6.29. The summed E-state index contributed by atoms with van der Waals surface area (Å²) >= 11 is 0. The predicted octanol–water partition coefficient (Wildman–Crippen LogP) is 3.27. The summed E-state index contributed by atoms with van der Waals surface area (Å²) < 4.78 is 14.1. The van der Waals surface area contributed by atoms with Gasteiger partial charge in [-0.1, -0.05) is 19.1 Å². The average molecular weight is 425 g/mol. The lowest BCUT2D eigenvalue weighted by atomic mass is 10.1. The van der Waals surface area contributed by atoms with Crippen molar-refractivity contribution in [1.82, 2.24) is 4.90 Å². The fraction of sp³-hybridized carbons (Fsp3) is 0.417. The second kappa shape index (κ2) is 9.06. The molecular weight excluding hydrogens is 395 g/mol. The molecule has 2 aromatic carbocycles. The van der Waals surface area contributed by atoms with E-state index in [1.165, 1.54) is 11.0 Å². The number of benzene rings is 2. The van der Waals surface area contributed by atoms with Crippen LogP contribution < -0.4 is 15.1 Å². The molecule has 2 heterocycles. The van der Waals surface area contributed by atoms with Gasteiger partial charge < -0.3 is 20.0 Å². The van der Waals surface area contributed by atoms with Crippen LogP contribution in [-0.2, 0) is 9.59 Å². The van der Waals surface area contributed by atoms with Crippen LogP contribution in [0.15, 0.2) is 42.5 Å². The first-order chi connectivity index (χ1) is 15.0. The van der Waals surface area contributed by atoms with Crippen LogP contribution >= 0.6 is 0 Å². The van der Waals surface area contributed by atoms with Crippen LogP contribution in [0.2, 0.25) is 0 Å². The first kappa shape index (κ1) is 21.3. The summed E-state index contributed by atoms with van der Waals surface area (Å²) in [5.41, 5.74) is 3.12. The molecule has 4 rings (SSSR count). The molecule has 0 saturated carbocycles. The zero-order valence-electron chi connectivity index (χ0n) is 18.1. The van der Waals surface area contributed by atoms with Gasteiger partial charge in [0.05, 0.1) is 11.6 Å². The number of nitrogens with zero attached hydrogens (tertiary/aromatic N) is 3. The van der Waals surface area contributed by atoms with Crippen molar-refractivity contribution >= 4 is 28.9 Å². The van der Waals surface area contributed by atoms with E-state index in [4.69, 9.17) is 0 Å². The molecule has 2 aliphatic heterocycles. The number of likely N-dealkylation sites (N-methyl/N-ethyl adjacent to an activating group) is 1. The zero-order chi connectivity index (χ0) is 22.0. The zero-order valence-corrected chi connectivity index (χ0v) is 18.1. The Morgan fingerprint density at radius 3 is 2.55 bits per heavy atom. The lowest BCUT2D eigenvalue weighted by molar-refractivity contribution is -0.122. The monoisotopic (exact) mass is 424 g/mol. The molecule has 1 atom stereocenters. The number of rotatable bonds is 5. The lowest BCUT2D eigenvalue weighted by Gasteiger charge is -2.35. The molecule has 31 heavy (non-hydrogen) atoms. The van der Waals surface area contributed by atoms with Crippen LogP contribution in [0.5, 0.6) is 0 Å². The Morgan fingerprint density at radius 2 is 1.87 bits per heavy atom. The molecule has 7 heteroatoms. The highest BCUT2D eigenvalue weighted by molar-refractivity contribution is 6.03. The minimum absolute atomic E-state index is 0.0823. The quantitative estimate of drug-likeness (QED) is 0.801. The fourth-order valence-electron chi connectivity index (χ4n) is 4.33. The van der Waals surface area contributed by atoms with E-state index in [0.29, 0.717) is 0 Å². The van der Waals surface area contributed by atoms with E-state index >= 15 is 0 Å². The van der Waals surface area contributed by atoms with Crippen molar-refractivity contribution in [3.63, 3.8) is 0 Å². The summed E-state index contributed by atoms with van der Waals surface area (Å²) in [5.74, 6) is -1.40. The number of hydrogen-bond donors (Lipinski definition) is 1. The first-order valence-electron chi connectivity index (χ1n) is 10.9. The maximum Gasteiger partial charge on any atom is 0.229 e. The van der Waals surface area contributed by atoms with Gasteiger partial charge in [0, 0.05) is 50.5 Å². The van der Waals surface area contributed by atoms with Gasteiger partial charge in [-0.25, -0.2) is 4.39 Å². The van der Waals surface area contributed by atoms with Crippen molar-refractivity contribution in [2.24, 2.45) is 5.92 Å². The number of hydrogen-bond acceptors (Lipinski definition) is 4. The summed E-state index contributed by atoms with van der Waals surface area (Å²) in [4.78, 5) is 31.4. The molecule has 0 radical (unpaired) electrons. The highest BCUT2D eigenvalue weighted by atomic mass is 19.1. The number of nitrogens with one attached hydrogen (secondary N) is 1. The summed E-state index contributed by atoms with van der Waals surface area (Å²) in [6, 6.07) is 12.2. The predicted molar refractivity (Wildman–Crippen MR) is 121 cm³/mol. The molecule has 2 fully saturated rings. The standard InChI is InChI=1S/C24H29FN4O2/c1-3-27-10-12-28(13-11-27)19-8-9-21(17(2)14-19)26-24(31)18-15-23(30)29(16-18)22-7-5-4-6-20(22)25/h4-9,14,18H,3,10-13,15-16H2,1-2H3,(H,26,31). The van der Waals surface area contributed by atoms with E-state index in [9.17, 15) is 14.0 Å². The van der Waals surface area contributed by atoms with E-state index in [1.54, 1.807) is 18.2 Å². The molecule has 2 saturated heterocycles. The van der Waals surface area contributed by atoms with Crippen molar-refractivity contribution < 1.29 is 14.0 Å². The van der Waals surface area contributed by atoms with Crippen LogP contribution in [0.25, 0.3) is 0 Å². The molecule has 2 amide bonds. The van der Waals surface area contributed by atoms with Crippen molar-refractivity contribution in [2.75, 3.05) is 54.4 Å². The van der Waals surface area contributed by atoms with Crippen molar-refractivity contribution in [3.05, 3.63) is 53.8 Å². The van der Waals surface area contributed by atoms with Gasteiger partial charge in [0.25, 0.3) is 0 Å². The number of halogens is 1. The molecule has 164 valence electrons. The Bertz CT molecular complexity index is 972. The number of carbonyl (C=O) groups excluding carboxylic acids is 2. The molecule has 2 aliphatic rings. The van der Waals surface area contributed by atoms with Crippen LogP contribution in [-0.4, -0.2) is 56.0 Å². The summed E-state index contributed by atoms with van der Waals surface area (Å²) in [7, 11) is 0. The van der Waals surface area contributed by atoms with Gasteiger partial charge in [-0.15, -0.1) is 0 Å². The van der Waals surface area contributed by atoms with Crippen LogP contribution in [0.4, 0.5) is 21.5 Å². The van der Waals surface area contributed by atoms with Gasteiger partial charge >= 0.3 is 0 Å². The number of para-hydroxylation sites is 1. The molecule has 0 spiro atoms. The minimum Gasteiger partial charge on any atom is -0.369 e. The summed E-state index contributed by atoms with van der Waals surface area (Å²) in [5, 5.41) is 2.97. The first-order valence-corrected chi connectivity index (χ1v) is 10.9. The average Bonchev–Trinajstić information content (AvgIpc) is 3.17. The molecule has 0 aromatic heterocycles. The number of aryl methyl sites for hydroxylation is 1. The van der Waals surface area contributed by atoms with Gasteiger partial charge in [-0.3, -0.25) is 9.59 Å². The fourth-order valence-corrected chi connectivity index (χ4v) is 4.33. The van der Waals surface area contributed by atoms with Crippen LogP contribution in [0.1, 0.15) is 18.9 Å². The Hall–Kier alpha value is -2.93. The topological polar surface area (TPSA) is 55.9 Å². The summed E-state index contributed by atoms with van der Waals surface area (Å²) in [6.45, 7) is 9.53. The lowest BCUT2D eigenvalue weighted by Crippen LogP contribution is -2.46. The largest absolute Gasteiger partial charge is 0.369 e. The SMILES string of the molecule is CCN1CCN(c2ccc(NC(=O)C3CC(=O)N(c4ccccc4F)C3)c(C)c2)CC1. The normalized spacial score (nSPS) is 19.7. The van der Waals surface area contributed by atoms with Gasteiger partial charge in [-0.2, -0.15) is 0 Å². The van der Waals surface area contributed by atoms with E-state index in [0.717, 1.165) is 49.7 Å². The second-order valence-corrected chi connectivity index (χ2v) is 8.27. The molecule has 0 aliphatic carbocycles. The molecule has 1 N–H and O–H groups in total. The van der Waals surface area contributed by atoms with Crippen LogP contribution in [0, 0.1) is 18.7 Å². The molecule has 1 unspecified atom stereocenters. The third-order valence-corrected chi connectivity index (χ3v) is 6.29. The summed E-state index contributed by atoms with van der Waals surface area (Å²) in [6.07, 6.45) is 0.0823. The maximum atomic E-state index is 14.1. The van der Waals surface area contributed by atoms with Crippen molar-refractivity contribution in [2.45, 2.75) is 20.3 Å². The molecule has 0 bridgehead atoms. The smallest absolute Gasteiger partial charge is 0.229 e. The Balaban J connectivity index is 1.40. The minimum atomic E-state index is -0.506. The molecule has 2 aromatic rings. The Labute approximate surface area is 182 Å². The van der Waals surface area contributed by atoms with Gasteiger partial charge in [-0.05, 0) is 49.4 Å². The van der Waals surface area contributed by atoms with Gasteiger partial charge in [0.2, 0.25) is 11.8 Å². The van der Waals surface area contributed by atoms with E-state index in [2.05, 4.69) is 28.1 Å². The number of piperazine rings is 1. The third kappa shape index (κ3) is 4.56. The second-order valence-electron chi connectivity index (χ2n) is 8.27. The van der Waals surface area contributed by atoms with Gasteiger partial charge in [0.15, 0.2) is 0 Å². The highest BCUT2D eigenvalue weighted by Crippen LogP contribution is 2.29. The van der Waals surface area contributed by atoms with E-state index in [-0.39, 0.29) is 30.5 Å². The number of amides is 2. The Kier molecular flexibility index (Phi) is 6.23. The van der Waals surface area contributed by atoms with E-state index in [1.807, 2.05) is 19.1 Å². The molecule has 6 nitrogen and oxygen atoms in total. The van der Waals surface area contributed by atoms with E-state index < -0.39 is 11.7 Å². The van der Waals surface area contributed by atoms with Gasteiger partial charge in [0.1, 0.15) is 5.82 Å². The Morgan fingerprint density at radius 1 is 1.13 bits per heavy atom. The molecular formula is C24H29FN4O2. The number of anilines is 3. The number of carbonyl (C=O) groups is 2. The maximum absolute atomic E-state index is 14.1. The van der Waals surface area contributed by atoms with Crippen LogP contribution in [0.3, 0.4) is 0 Å². The highest BCUT2D eigenvalue weighted by Gasteiger charge is 2.36. The van der Waals surface area contributed by atoms with Crippen molar-refractivity contribution in [3.8, 4) is 0 Å². The van der Waals surface area contributed by atoms with Crippen molar-refractivity contribution in [1.29, 1.82) is 0 Å².